The number of amides is 2. The number of hydrogen-bond donors (Lipinski definition) is 1. The van der Waals surface area contributed by atoms with Gasteiger partial charge in [-0.2, -0.15) is 18.3 Å². The van der Waals surface area contributed by atoms with Crippen molar-refractivity contribution in [3.8, 4) is 17.2 Å². The van der Waals surface area contributed by atoms with Gasteiger partial charge in [0.15, 0.2) is 22.9 Å². The summed E-state index contributed by atoms with van der Waals surface area (Å²) in [5.74, 6) is 0.296. The van der Waals surface area contributed by atoms with Crippen molar-refractivity contribution >= 4 is 29.1 Å². The lowest BCUT2D eigenvalue weighted by Crippen LogP contribution is -2.40. The summed E-state index contributed by atoms with van der Waals surface area (Å²) < 4.78 is 53.1. The minimum atomic E-state index is -4.61. The van der Waals surface area contributed by atoms with Crippen LogP contribution in [0.15, 0.2) is 48.5 Å². The molecule has 2 aromatic carbocycles. The molecule has 1 aromatic heterocycles. The van der Waals surface area contributed by atoms with Gasteiger partial charge >= 0.3 is 6.18 Å². The molecule has 212 valence electrons. The highest BCUT2D eigenvalue weighted by molar-refractivity contribution is 6.31. The molecule has 5 rings (SSSR count). The van der Waals surface area contributed by atoms with Crippen molar-refractivity contribution in [2.45, 2.75) is 50.7 Å². The van der Waals surface area contributed by atoms with Crippen molar-refractivity contribution in [1.29, 1.82) is 0 Å². The highest BCUT2D eigenvalue weighted by Crippen LogP contribution is 2.42. The Hall–Kier alpha value is -3.73. The summed E-state index contributed by atoms with van der Waals surface area (Å²) >= 11 is 6.18. The van der Waals surface area contributed by atoms with Gasteiger partial charge in [-0.3, -0.25) is 14.3 Å². The second-order valence-corrected chi connectivity index (χ2v) is 10.3. The molecule has 2 aliphatic rings. The Morgan fingerprint density at radius 1 is 1.05 bits per heavy atom. The summed E-state index contributed by atoms with van der Waals surface area (Å²) in [6.07, 6.45) is -1.14. The van der Waals surface area contributed by atoms with Gasteiger partial charge in [-0.15, -0.1) is 0 Å². The van der Waals surface area contributed by atoms with Gasteiger partial charge in [-0.05, 0) is 68.5 Å². The van der Waals surface area contributed by atoms with Crippen LogP contribution in [-0.4, -0.2) is 46.2 Å². The lowest BCUT2D eigenvalue weighted by molar-refractivity contribution is -0.142. The summed E-state index contributed by atoms with van der Waals surface area (Å²) in [7, 11) is 0. The van der Waals surface area contributed by atoms with Crippen molar-refractivity contribution in [3.63, 3.8) is 0 Å². The number of nitrogens with zero attached hydrogens (tertiary/aromatic N) is 3. The Morgan fingerprint density at radius 2 is 1.82 bits per heavy atom. The zero-order chi connectivity index (χ0) is 28.3. The van der Waals surface area contributed by atoms with Gasteiger partial charge in [0, 0.05) is 23.2 Å². The Labute approximate surface area is 234 Å². The van der Waals surface area contributed by atoms with E-state index in [0.717, 1.165) is 23.6 Å². The van der Waals surface area contributed by atoms with E-state index in [1.54, 1.807) is 30.3 Å². The van der Waals surface area contributed by atoms with E-state index in [2.05, 4.69) is 10.4 Å². The fourth-order valence-electron chi connectivity index (χ4n) is 4.51. The first kappa shape index (κ1) is 27.8. The zero-order valence-electron chi connectivity index (χ0n) is 21.5. The van der Waals surface area contributed by atoms with Crippen molar-refractivity contribution in [1.82, 2.24) is 14.7 Å². The van der Waals surface area contributed by atoms with E-state index in [1.165, 1.54) is 11.0 Å². The summed E-state index contributed by atoms with van der Waals surface area (Å²) in [6, 6.07) is 13.0. The number of halogens is 4. The third-order valence-corrected chi connectivity index (χ3v) is 6.92. The van der Waals surface area contributed by atoms with Gasteiger partial charge in [0.2, 0.25) is 11.8 Å². The molecule has 0 radical (unpaired) electrons. The molecule has 0 spiro atoms. The van der Waals surface area contributed by atoms with Crippen LogP contribution < -0.4 is 14.8 Å². The van der Waals surface area contributed by atoms with Crippen LogP contribution >= 0.6 is 11.6 Å². The van der Waals surface area contributed by atoms with E-state index in [9.17, 15) is 22.8 Å². The average molecular weight is 577 g/mol. The topological polar surface area (TPSA) is 85.7 Å². The quantitative estimate of drug-likeness (QED) is 0.398. The first-order valence-corrected chi connectivity index (χ1v) is 13.5. The molecule has 8 nitrogen and oxygen atoms in total. The largest absolute Gasteiger partial charge is 0.490 e. The number of carbonyl (C=O) groups is 2. The van der Waals surface area contributed by atoms with E-state index in [0.29, 0.717) is 59.5 Å². The molecule has 0 unspecified atom stereocenters. The molecular formula is C28H28ClF3N4O4. The number of benzene rings is 2. The molecule has 2 amide bonds. The normalized spacial score (nSPS) is 16.9. The smallest absolute Gasteiger partial charge is 0.435 e. The number of alkyl halides is 3. The molecule has 40 heavy (non-hydrogen) atoms. The highest BCUT2D eigenvalue weighted by atomic mass is 35.5. The maximum Gasteiger partial charge on any atom is 0.435 e. The molecule has 1 aliphatic carbocycles. The van der Waals surface area contributed by atoms with Gasteiger partial charge in [0.1, 0.15) is 6.54 Å². The van der Waals surface area contributed by atoms with Crippen LogP contribution in [0.1, 0.15) is 49.4 Å². The molecule has 0 bridgehead atoms. The van der Waals surface area contributed by atoms with Crippen LogP contribution in [0.4, 0.5) is 18.9 Å². The fraction of sp³-hybridized carbons (Fsp3) is 0.393. The van der Waals surface area contributed by atoms with Gasteiger partial charge in [-0.25, -0.2) is 0 Å². The maximum atomic E-state index is 13.3. The fourth-order valence-corrected chi connectivity index (χ4v) is 4.68. The Bertz CT molecular complexity index is 1390. The number of aromatic nitrogens is 2. The number of nitrogens with one attached hydrogen (secondary N) is 1. The van der Waals surface area contributed by atoms with Gasteiger partial charge in [0.25, 0.3) is 0 Å². The number of ether oxygens (including phenoxy) is 2. The van der Waals surface area contributed by atoms with E-state index in [1.807, 2.05) is 6.07 Å². The lowest BCUT2D eigenvalue weighted by atomic mass is 10.2. The molecule has 1 aliphatic heterocycles. The zero-order valence-corrected chi connectivity index (χ0v) is 22.3. The van der Waals surface area contributed by atoms with Crippen LogP contribution in [0.2, 0.25) is 5.02 Å². The van der Waals surface area contributed by atoms with E-state index in [-0.39, 0.29) is 25.6 Å². The predicted octanol–water partition coefficient (Wildman–Crippen LogP) is 6.26. The molecule has 12 heteroatoms. The first-order chi connectivity index (χ1) is 19.2. The summed E-state index contributed by atoms with van der Waals surface area (Å²) in [4.78, 5) is 27.8. The summed E-state index contributed by atoms with van der Waals surface area (Å²) in [5, 5.41) is 6.81. The minimum Gasteiger partial charge on any atom is -0.490 e. The third kappa shape index (κ3) is 6.88. The van der Waals surface area contributed by atoms with Gasteiger partial charge in [-0.1, -0.05) is 23.7 Å². The molecular weight excluding hydrogens is 549 g/mol. The summed E-state index contributed by atoms with van der Waals surface area (Å²) in [5.41, 5.74) is -0.333. The highest BCUT2D eigenvalue weighted by Gasteiger charge is 2.38. The SMILES string of the molecule is O=C1CN(C(=O)Cn2nc(C(F)(F)F)cc2C2CC2)CCCCCOc2ccccc2Oc2ccc(Cl)cc2N1. The van der Waals surface area contributed by atoms with Crippen LogP contribution in [0.5, 0.6) is 17.2 Å². The molecule has 1 saturated carbocycles. The monoisotopic (exact) mass is 576 g/mol. The van der Waals surface area contributed by atoms with Crippen molar-refractivity contribution < 1.29 is 32.2 Å². The van der Waals surface area contributed by atoms with Crippen molar-refractivity contribution in [3.05, 3.63) is 64.9 Å². The minimum absolute atomic E-state index is 0.0481. The van der Waals surface area contributed by atoms with Crippen LogP contribution in [-0.2, 0) is 22.3 Å². The first-order valence-electron chi connectivity index (χ1n) is 13.1. The molecule has 1 N–H and O–H groups in total. The van der Waals surface area contributed by atoms with E-state index in [4.69, 9.17) is 21.1 Å². The number of carbonyl (C=O) groups excluding carboxylic acids is 2. The predicted molar refractivity (Wildman–Crippen MR) is 142 cm³/mol. The second kappa shape index (κ2) is 11.8. The molecule has 0 atom stereocenters. The van der Waals surface area contributed by atoms with Crippen molar-refractivity contribution in [2.24, 2.45) is 0 Å². The van der Waals surface area contributed by atoms with E-state index >= 15 is 0 Å². The molecule has 0 saturated heterocycles. The maximum absolute atomic E-state index is 13.3. The number of fused-ring (bicyclic) bond motifs is 2. The average Bonchev–Trinajstić information content (AvgIpc) is 3.65. The Morgan fingerprint density at radius 3 is 2.58 bits per heavy atom. The van der Waals surface area contributed by atoms with Crippen LogP contribution in [0, 0.1) is 0 Å². The summed E-state index contributed by atoms with van der Waals surface area (Å²) in [6.45, 7) is -0.0334. The number of anilines is 1. The van der Waals surface area contributed by atoms with E-state index < -0.39 is 23.7 Å². The molecule has 3 aromatic rings. The Kier molecular flexibility index (Phi) is 8.20. The van der Waals surface area contributed by atoms with Crippen LogP contribution in [0.25, 0.3) is 0 Å². The lowest BCUT2D eigenvalue weighted by Gasteiger charge is -2.23. The molecule has 1 fully saturated rings. The van der Waals surface area contributed by atoms with Crippen molar-refractivity contribution in [2.75, 3.05) is 25.0 Å². The standard InChI is InChI=1S/C28H28ClF3N4O4/c29-19-10-11-22-20(14-19)33-26(37)16-35(12-4-1-5-13-39-23-6-2-3-7-24(23)40-22)27(38)17-36-21(18-8-9-18)15-25(34-36)28(30,31)32/h2-3,6-7,10-11,14-15,18H,1,4-5,8-9,12-13,16-17H2,(H,33,37). The number of rotatable bonds is 3. The number of para-hydroxylation sites is 2. The van der Waals surface area contributed by atoms with Crippen LogP contribution in [0.3, 0.4) is 0 Å². The number of hydrogen-bond acceptors (Lipinski definition) is 5. The molecule has 2 heterocycles. The Balaban J connectivity index is 1.37. The third-order valence-electron chi connectivity index (χ3n) is 6.68. The second-order valence-electron chi connectivity index (χ2n) is 9.85. The van der Waals surface area contributed by atoms with Gasteiger partial charge < -0.3 is 19.7 Å². The van der Waals surface area contributed by atoms with Gasteiger partial charge in [0.05, 0.1) is 18.8 Å².